The Labute approximate surface area is 140 Å². The van der Waals surface area contributed by atoms with Gasteiger partial charge in [-0.1, -0.05) is 18.2 Å². The zero-order chi connectivity index (χ0) is 17.4. The highest BCUT2D eigenvalue weighted by Gasteiger charge is 2.20. The fraction of sp³-hybridized carbons (Fsp3) is 0.333. The highest BCUT2D eigenvalue weighted by atomic mass is 16.2. The average molecular weight is 327 g/mol. The van der Waals surface area contributed by atoms with Gasteiger partial charge >= 0.3 is 0 Å². The molecule has 0 spiro atoms. The highest BCUT2D eigenvalue weighted by Crippen LogP contribution is 2.28. The Balaban J connectivity index is 2.21. The van der Waals surface area contributed by atoms with Gasteiger partial charge in [-0.15, -0.1) is 0 Å². The van der Waals surface area contributed by atoms with Crippen molar-refractivity contribution in [1.82, 2.24) is 14.5 Å². The van der Waals surface area contributed by atoms with Crippen LogP contribution in [0.3, 0.4) is 0 Å². The molecular weight excluding hydrogens is 304 g/mol. The van der Waals surface area contributed by atoms with Crippen LogP contribution >= 0.6 is 0 Å². The number of carbonyl (C=O) groups excluding carboxylic acids is 1. The molecule has 1 aromatic carbocycles. The molecule has 0 atom stereocenters. The van der Waals surface area contributed by atoms with Gasteiger partial charge in [0.2, 0.25) is 0 Å². The summed E-state index contributed by atoms with van der Waals surface area (Å²) in [5.74, 6) is -0.145. The number of hydrogen-bond donors (Lipinski definition) is 2. The van der Waals surface area contributed by atoms with Crippen molar-refractivity contribution < 1.29 is 9.69 Å². The van der Waals surface area contributed by atoms with Crippen molar-refractivity contribution in [3.63, 3.8) is 0 Å². The Bertz CT molecular complexity index is 982. The number of aromatic nitrogens is 2. The lowest BCUT2D eigenvalue weighted by Crippen LogP contribution is -3.06. The SMILES string of the molecule is Cn1cc(C(=O)NCC[NH+](C)C)c2c3ccccc3n(C)c2c1=O. The molecule has 0 unspecified atom stereocenters. The van der Waals surface area contributed by atoms with Gasteiger partial charge in [-0.3, -0.25) is 9.59 Å². The lowest BCUT2D eigenvalue weighted by molar-refractivity contribution is -0.856. The zero-order valence-electron chi connectivity index (χ0n) is 14.5. The van der Waals surface area contributed by atoms with Gasteiger partial charge in [0.15, 0.2) is 0 Å². The summed E-state index contributed by atoms with van der Waals surface area (Å²) in [4.78, 5) is 26.6. The first kappa shape index (κ1) is 16.3. The van der Waals surface area contributed by atoms with Crippen LogP contribution < -0.4 is 15.8 Å². The second-order valence-electron chi connectivity index (χ2n) is 6.47. The van der Waals surface area contributed by atoms with Crippen LogP contribution in [-0.2, 0) is 14.1 Å². The maximum atomic E-state index is 12.7. The molecule has 2 aromatic heterocycles. The van der Waals surface area contributed by atoms with Crippen molar-refractivity contribution in [3.8, 4) is 0 Å². The second kappa shape index (κ2) is 6.13. The van der Waals surface area contributed by atoms with Gasteiger partial charge in [0, 0.05) is 36.6 Å². The molecule has 0 aliphatic rings. The van der Waals surface area contributed by atoms with Crippen molar-refractivity contribution in [3.05, 3.63) is 46.4 Å². The molecule has 6 heteroatoms. The van der Waals surface area contributed by atoms with Crippen molar-refractivity contribution in [2.75, 3.05) is 27.2 Å². The van der Waals surface area contributed by atoms with Crippen molar-refractivity contribution in [2.45, 2.75) is 0 Å². The van der Waals surface area contributed by atoms with Gasteiger partial charge in [-0.05, 0) is 6.07 Å². The van der Waals surface area contributed by atoms with Crippen LogP contribution in [0.1, 0.15) is 10.4 Å². The Morgan fingerprint density at radius 3 is 2.62 bits per heavy atom. The number of hydrogen-bond acceptors (Lipinski definition) is 2. The van der Waals surface area contributed by atoms with Crippen molar-refractivity contribution in [1.29, 1.82) is 0 Å². The molecule has 126 valence electrons. The normalized spacial score (nSPS) is 11.5. The number of pyridine rings is 1. The Hall–Kier alpha value is -2.60. The minimum atomic E-state index is -0.145. The Morgan fingerprint density at radius 2 is 1.92 bits per heavy atom. The summed E-state index contributed by atoms with van der Waals surface area (Å²) in [5.41, 5.74) is 1.95. The van der Waals surface area contributed by atoms with Crippen molar-refractivity contribution >= 4 is 27.7 Å². The fourth-order valence-electron chi connectivity index (χ4n) is 3.09. The summed E-state index contributed by atoms with van der Waals surface area (Å²) in [5, 5.41) is 4.61. The van der Waals surface area contributed by atoms with Crippen molar-refractivity contribution in [2.24, 2.45) is 14.1 Å². The van der Waals surface area contributed by atoms with Gasteiger partial charge in [0.25, 0.3) is 11.5 Å². The van der Waals surface area contributed by atoms with E-state index in [1.807, 2.05) is 50.0 Å². The monoisotopic (exact) mass is 327 g/mol. The molecule has 0 aliphatic heterocycles. The standard InChI is InChI=1S/C18H22N4O2/c1-20(2)10-9-19-17(23)13-11-21(3)18(24)16-15(13)12-7-5-6-8-14(12)22(16)4/h5-8,11H,9-10H2,1-4H3,(H,19,23)/p+1. The van der Waals surface area contributed by atoms with Crippen LogP contribution in [0, 0.1) is 0 Å². The first-order chi connectivity index (χ1) is 11.4. The van der Waals surface area contributed by atoms with Gasteiger partial charge in [-0.2, -0.15) is 0 Å². The summed E-state index contributed by atoms with van der Waals surface area (Å²) in [6.45, 7) is 1.44. The lowest BCUT2D eigenvalue weighted by Gasteiger charge is -2.10. The summed E-state index contributed by atoms with van der Waals surface area (Å²) < 4.78 is 3.35. The molecular formula is C18H23N4O2+. The number of nitrogens with zero attached hydrogens (tertiary/aromatic N) is 2. The van der Waals surface area contributed by atoms with Crippen LogP contribution in [0.5, 0.6) is 0 Å². The largest absolute Gasteiger partial charge is 0.346 e. The minimum absolute atomic E-state index is 0.0991. The molecule has 3 aromatic rings. The highest BCUT2D eigenvalue weighted by molar-refractivity contribution is 6.17. The number of fused-ring (bicyclic) bond motifs is 3. The van der Waals surface area contributed by atoms with E-state index in [9.17, 15) is 9.59 Å². The molecule has 6 nitrogen and oxygen atoms in total. The van der Waals surface area contributed by atoms with E-state index < -0.39 is 0 Å². The maximum Gasteiger partial charge on any atom is 0.274 e. The molecule has 0 saturated heterocycles. The first-order valence-electron chi connectivity index (χ1n) is 8.05. The summed E-state index contributed by atoms with van der Waals surface area (Å²) in [6, 6.07) is 7.78. The molecule has 0 aliphatic carbocycles. The Morgan fingerprint density at radius 1 is 1.21 bits per heavy atom. The summed E-state index contributed by atoms with van der Waals surface area (Å²) in [6.07, 6.45) is 1.63. The molecule has 0 radical (unpaired) electrons. The minimum Gasteiger partial charge on any atom is -0.346 e. The van der Waals surface area contributed by atoms with E-state index in [1.165, 1.54) is 9.47 Å². The van der Waals surface area contributed by atoms with Crippen LogP contribution in [0.15, 0.2) is 35.3 Å². The molecule has 2 N–H and O–H groups in total. The number of para-hydroxylation sites is 1. The van der Waals surface area contributed by atoms with E-state index in [4.69, 9.17) is 0 Å². The molecule has 0 bridgehead atoms. The number of rotatable bonds is 4. The number of amides is 1. The maximum absolute atomic E-state index is 12.7. The molecule has 3 rings (SSSR count). The number of quaternary nitrogens is 1. The topological polar surface area (TPSA) is 60.5 Å². The van der Waals surface area contributed by atoms with E-state index in [-0.39, 0.29) is 11.5 Å². The lowest BCUT2D eigenvalue weighted by atomic mass is 10.1. The molecule has 24 heavy (non-hydrogen) atoms. The van der Waals surface area contributed by atoms with E-state index in [2.05, 4.69) is 5.32 Å². The smallest absolute Gasteiger partial charge is 0.274 e. The quantitative estimate of drug-likeness (QED) is 0.703. The van der Waals surface area contributed by atoms with Gasteiger partial charge in [-0.25, -0.2) is 0 Å². The number of carbonyl (C=O) groups is 1. The molecule has 2 heterocycles. The molecule has 0 fully saturated rings. The van der Waals surface area contributed by atoms with E-state index >= 15 is 0 Å². The van der Waals surface area contributed by atoms with Crippen LogP contribution in [-0.4, -0.2) is 42.2 Å². The van der Waals surface area contributed by atoms with E-state index in [0.717, 1.165) is 22.8 Å². The van der Waals surface area contributed by atoms with Gasteiger partial charge in [0.05, 0.1) is 32.7 Å². The van der Waals surface area contributed by atoms with E-state index in [1.54, 1.807) is 13.2 Å². The van der Waals surface area contributed by atoms with E-state index in [0.29, 0.717) is 17.6 Å². The Kier molecular flexibility index (Phi) is 4.15. The third kappa shape index (κ3) is 2.59. The predicted octanol–water partition coefficient (Wildman–Crippen LogP) is -0.0955. The third-order valence-electron chi connectivity index (χ3n) is 4.38. The van der Waals surface area contributed by atoms with Crippen LogP contribution in [0.2, 0.25) is 0 Å². The molecule has 1 amide bonds. The van der Waals surface area contributed by atoms with Gasteiger partial charge in [0.1, 0.15) is 5.52 Å². The van der Waals surface area contributed by atoms with Crippen LogP contribution in [0.4, 0.5) is 0 Å². The average Bonchev–Trinajstić information content (AvgIpc) is 2.84. The zero-order valence-corrected chi connectivity index (χ0v) is 14.5. The number of likely N-dealkylation sites (N-methyl/N-ethyl adjacent to an activating group) is 1. The van der Waals surface area contributed by atoms with Crippen LogP contribution in [0.25, 0.3) is 21.8 Å². The summed E-state index contributed by atoms with van der Waals surface area (Å²) in [7, 11) is 7.63. The third-order valence-corrected chi connectivity index (χ3v) is 4.38. The molecule has 0 saturated carbocycles. The second-order valence-corrected chi connectivity index (χ2v) is 6.47. The first-order valence-corrected chi connectivity index (χ1v) is 8.05. The van der Waals surface area contributed by atoms with Gasteiger partial charge < -0.3 is 19.4 Å². The number of aryl methyl sites for hydroxylation is 2. The number of nitrogens with one attached hydrogen (secondary N) is 2. The number of benzene rings is 1. The predicted molar refractivity (Wildman–Crippen MR) is 95.7 cm³/mol. The fourth-order valence-corrected chi connectivity index (χ4v) is 3.09. The summed E-state index contributed by atoms with van der Waals surface area (Å²) >= 11 is 0.